The molecule has 0 spiro atoms. The van der Waals surface area contributed by atoms with Gasteiger partial charge in [-0.25, -0.2) is 0 Å². The monoisotopic (exact) mass is 228 g/mol. The van der Waals surface area contributed by atoms with Crippen LogP contribution < -0.4 is 0 Å². The first-order valence-electron chi connectivity index (χ1n) is 5.93. The van der Waals surface area contributed by atoms with Crippen molar-refractivity contribution >= 4 is 17.2 Å². The smallest absolute Gasteiger partial charge is 0.152 e. The highest BCUT2D eigenvalue weighted by Gasteiger charge is 2.23. The summed E-state index contributed by atoms with van der Waals surface area (Å²) in [6.07, 6.45) is 4.00. The first-order chi connectivity index (χ1) is 8.20. The van der Waals surface area contributed by atoms with Crippen LogP contribution in [0.5, 0.6) is 0 Å². The molecule has 3 rings (SSSR count). The molecule has 3 nitrogen and oxygen atoms in total. The molecule has 2 heterocycles. The molecule has 17 heavy (non-hydrogen) atoms. The molecule has 0 saturated carbocycles. The number of nitrogens with zero attached hydrogens (tertiary/aromatic N) is 2. The Morgan fingerprint density at radius 3 is 2.94 bits per heavy atom. The van der Waals surface area contributed by atoms with Crippen LogP contribution in [0, 0.1) is 0 Å². The van der Waals surface area contributed by atoms with Gasteiger partial charge in [0.25, 0.3) is 0 Å². The van der Waals surface area contributed by atoms with Crippen LogP contribution in [0.3, 0.4) is 0 Å². The van der Waals surface area contributed by atoms with Crippen molar-refractivity contribution in [2.75, 3.05) is 14.1 Å². The highest BCUT2D eigenvalue weighted by molar-refractivity contribution is 5.99. The van der Waals surface area contributed by atoms with Gasteiger partial charge in [-0.1, -0.05) is 18.2 Å². The molecule has 1 aromatic heterocycles. The van der Waals surface area contributed by atoms with E-state index < -0.39 is 0 Å². The molecule has 1 unspecified atom stereocenters. The second-order valence-corrected chi connectivity index (χ2v) is 4.99. The standard InChI is InChI=1S/C14H16N2O/c1-15(2)12-6-10-4-3-5-13-11(9-17)7-16(8-12)14(10)13/h3-5,7,9,12H,6,8H2,1-2H3. The predicted octanol–water partition coefficient (Wildman–Crippen LogP) is 1.94. The van der Waals surface area contributed by atoms with E-state index in [0.29, 0.717) is 6.04 Å². The van der Waals surface area contributed by atoms with Gasteiger partial charge in [0.15, 0.2) is 6.29 Å². The summed E-state index contributed by atoms with van der Waals surface area (Å²) in [6.45, 7) is 0.967. The molecule has 1 aromatic carbocycles. The van der Waals surface area contributed by atoms with Gasteiger partial charge in [-0.2, -0.15) is 0 Å². The summed E-state index contributed by atoms with van der Waals surface area (Å²) in [6, 6.07) is 6.77. The minimum atomic E-state index is 0.514. The number of aromatic nitrogens is 1. The fraction of sp³-hybridized carbons (Fsp3) is 0.357. The molecule has 1 atom stereocenters. The highest BCUT2D eigenvalue weighted by Crippen LogP contribution is 2.29. The van der Waals surface area contributed by atoms with Gasteiger partial charge in [0.2, 0.25) is 0 Å². The minimum absolute atomic E-state index is 0.514. The van der Waals surface area contributed by atoms with Gasteiger partial charge in [-0.15, -0.1) is 0 Å². The van der Waals surface area contributed by atoms with E-state index >= 15 is 0 Å². The van der Waals surface area contributed by atoms with Crippen LogP contribution in [0.4, 0.5) is 0 Å². The molecule has 0 N–H and O–H groups in total. The number of hydrogen-bond acceptors (Lipinski definition) is 2. The molecule has 0 fully saturated rings. The van der Waals surface area contributed by atoms with Gasteiger partial charge < -0.3 is 9.47 Å². The largest absolute Gasteiger partial charge is 0.345 e. The maximum Gasteiger partial charge on any atom is 0.152 e. The van der Waals surface area contributed by atoms with Crippen LogP contribution in [0.25, 0.3) is 10.9 Å². The summed E-state index contributed by atoms with van der Waals surface area (Å²) >= 11 is 0. The first-order valence-corrected chi connectivity index (χ1v) is 5.93. The summed E-state index contributed by atoms with van der Waals surface area (Å²) in [4.78, 5) is 13.3. The molecular formula is C14H16N2O. The van der Waals surface area contributed by atoms with E-state index in [1.54, 1.807) is 0 Å². The number of carbonyl (C=O) groups is 1. The third kappa shape index (κ3) is 1.50. The van der Waals surface area contributed by atoms with Crippen molar-refractivity contribution in [2.45, 2.75) is 19.0 Å². The predicted molar refractivity (Wildman–Crippen MR) is 68.5 cm³/mol. The Hall–Kier alpha value is -1.61. The molecular weight excluding hydrogens is 212 g/mol. The van der Waals surface area contributed by atoms with E-state index in [9.17, 15) is 4.79 Å². The Labute approximate surface area is 101 Å². The van der Waals surface area contributed by atoms with Crippen molar-refractivity contribution in [3.63, 3.8) is 0 Å². The van der Waals surface area contributed by atoms with E-state index in [4.69, 9.17) is 0 Å². The highest BCUT2D eigenvalue weighted by atomic mass is 16.1. The van der Waals surface area contributed by atoms with Crippen molar-refractivity contribution in [2.24, 2.45) is 0 Å². The van der Waals surface area contributed by atoms with Crippen molar-refractivity contribution in [3.05, 3.63) is 35.5 Å². The van der Waals surface area contributed by atoms with Gasteiger partial charge in [0.05, 0.1) is 5.52 Å². The van der Waals surface area contributed by atoms with Crippen LogP contribution in [-0.4, -0.2) is 35.9 Å². The number of likely N-dealkylation sites (N-methyl/N-ethyl adjacent to an activating group) is 1. The quantitative estimate of drug-likeness (QED) is 0.734. The van der Waals surface area contributed by atoms with Crippen molar-refractivity contribution < 1.29 is 4.79 Å². The van der Waals surface area contributed by atoms with Crippen LogP contribution in [0.2, 0.25) is 0 Å². The third-order valence-corrected chi connectivity index (χ3v) is 3.73. The Kier molecular flexibility index (Phi) is 2.30. The van der Waals surface area contributed by atoms with Crippen molar-refractivity contribution in [1.29, 1.82) is 0 Å². The number of rotatable bonds is 2. The van der Waals surface area contributed by atoms with Crippen LogP contribution >= 0.6 is 0 Å². The Bertz CT molecular complexity index is 583. The zero-order valence-electron chi connectivity index (χ0n) is 10.2. The molecule has 88 valence electrons. The summed E-state index contributed by atoms with van der Waals surface area (Å²) in [5.41, 5.74) is 3.40. The van der Waals surface area contributed by atoms with E-state index in [1.807, 2.05) is 18.3 Å². The van der Waals surface area contributed by atoms with Crippen molar-refractivity contribution in [1.82, 2.24) is 9.47 Å². The lowest BCUT2D eigenvalue weighted by Crippen LogP contribution is -2.36. The van der Waals surface area contributed by atoms with Crippen LogP contribution in [0.15, 0.2) is 24.4 Å². The normalized spacial score (nSPS) is 18.9. The fourth-order valence-corrected chi connectivity index (χ4v) is 2.76. The summed E-state index contributed by atoms with van der Waals surface area (Å²) in [7, 11) is 4.22. The van der Waals surface area contributed by atoms with E-state index in [0.717, 1.165) is 30.2 Å². The lowest BCUT2D eigenvalue weighted by molar-refractivity contribution is 0.112. The number of hydrogen-bond donors (Lipinski definition) is 0. The maximum atomic E-state index is 11.1. The molecule has 0 bridgehead atoms. The SMILES string of the molecule is CN(C)C1Cc2cccc3c(C=O)cn(c23)C1. The number of aldehydes is 1. The molecule has 2 aromatic rings. The van der Waals surface area contributed by atoms with Gasteiger partial charge in [-0.05, 0) is 26.1 Å². The van der Waals surface area contributed by atoms with Gasteiger partial charge >= 0.3 is 0 Å². The topological polar surface area (TPSA) is 25.2 Å². The number of para-hydroxylation sites is 1. The Morgan fingerprint density at radius 1 is 1.41 bits per heavy atom. The van der Waals surface area contributed by atoms with E-state index in [2.05, 4.69) is 29.6 Å². The van der Waals surface area contributed by atoms with E-state index in [1.165, 1.54) is 11.1 Å². The lowest BCUT2D eigenvalue weighted by atomic mass is 9.99. The van der Waals surface area contributed by atoms with Gasteiger partial charge in [0.1, 0.15) is 0 Å². The molecule has 0 radical (unpaired) electrons. The second kappa shape index (κ2) is 3.70. The van der Waals surface area contributed by atoms with Crippen LogP contribution in [0.1, 0.15) is 15.9 Å². The second-order valence-electron chi connectivity index (χ2n) is 4.99. The van der Waals surface area contributed by atoms with Gasteiger partial charge in [-0.3, -0.25) is 4.79 Å². The molecule has 0 amide bonds. The minimum Gasteiger partial charge on any atom is -0.345 e. The van der Waals surface area contributed by atoms with E-state index in [-0.39, 0.29) is 0 Å². The Morgan fingerprint density at radius 2 is 2.24 bits per heavy atom. The molecule has 1 aliphatic rings. The maximum absolute atomic E-state index is 11.1. The Balaban J connectivity index is 2.22. The van der Waals surface area contributed by atoms with Gasteiger partial charge in [0, 0.05) is 29.7 Å². The average Bonchev–Trinajstić information content (AvgIpc) is 2.69. The number of carbonyl (C=O) groups excluding carboxylic acids is 1. The summed E-state index contributed by atoms with van der Waals surface area (Å²) in [5.74, 6) is 0. The zero-order chi connectivity index (χ0) is 12.0. The average molecular weight is 228 g/mol. The lowest BCUT2D eigenvalue weighted by Gasteiger charge is -2.29. The summed E-state index contributed by atoms with van der Waals surface area (Å²) in [5, 5.41) is 1.09. The summed E-state index contributed by atoms with van der Waals surface area (Å²) < 4.78 is 2.22. The fourth-order valence-electron chi connectivity index (χ4n) is 2.76. The first kappa shape index (κ1) is 10.5. The molecule has 0 aliphatic carbocycles. The third-order valence-electron chi connectivity index (χ3n) is 3.73. The van der Waals surface area contributed by atoms with Crippen molar-refractivity contribution in [3.8, 4) is 0 Å². The molecule has 3 heteroatoms. The molecule has 0 saturated heterocycles. The zero-order valence-corrected chi connectivity index (χ0v) is 10.2. The number of benzene rings is 1. The van der Waals surface area contributed by atoms with Crippen LogP contribution in [-0.2, 0) is 13.0 Å². The molecule has 1 aliphatic heterocycles.